The fourth-order valence-corrected chi connectivity index (χ4v) is 7.95. The fourth-order valence-electron chi connectivity index (χ4n) is 7.95. The molecule has 1 atom stereocenters. The van der Waals surface area contributed by atoms with Crippen LogP contribution in [0.5, 0.6) is 0 Å². The molecule has 0 amide bonds. The number of hydrogen-bond donors (Lipinski definition) is 0. The molecule has 9 rings (SSSR count). The van der Waals surface area contributed by atoms with Crippen LogP contribution in [0.4, 0.5) is 17.1 Å². The summed E-state index contributed by atoms with van der Waals surface area (Å²) >= 11 is 0. The zero-order valence-corrected chi connectivity index (χ0v) is 27.4. The molecule has 49 heavy (non-hydrogen) atoms. The lowest BCUT2D eigenvalue weighted by atomic mass is 9.74. The van der Waals surface area contributed by atoms with Crippen molar-refractivity contribution < 1.29 is 0 Å². The van der Waals surface area contributed by atoms with E-state index in [1.807, 2.05) is 0 Å². The Hall–Kier alpha value is -6.18. The van der Waals surface area contributed by atoms with Crippen LogP contribution in [0, 0.1) is 0 Å². The third-order valence-electron chi connectivity index (χ3n) is 10.3. The zero-order chi connectivity index (χ0) is 32.8. The summed E-state index contributed by atoms with van der Waals surface area (Å²) in [4.78, 5) is 2.47. The molecule has 0 aromatic heterocycles. The van der Waals surface area contributed by atoms with Crippen molar-refractivity contribution in [1.82, 2.24) is 0 Å². The van der Waals surface area contributed by atoms with Gasteiger partial charge in [-0.3, -0.25) is 0 Å². The maximum absolute atomic E-state index is 2.47. The molecule has 8 aromatic carbocycles. The van der Waals surface area contributed by atoms with Crippen LogP contribution in [0.3, 0.4) is 0 Å². The molecule has 8 aromatic rings. The van der Waals surface area contributed by atoms with Gasteiger partial charge in [-0.1, -0.05) is 164 Å². The average Bonchev–Trinajstić information content (AvgIpc) is 3.45. The van der Waals surface area contributed by atoms with Crippen LogP contribution in [0.15, 0.2) is 194 Å². The van der Waals surface area contributed by atoms with Crippen molar-refractivity contribution in [3.05, 3.63) is 211 Å². The smallest absolute Gasteiger partial charge is 0.0543 e. The highest BCUT2D eigenvalue weighted by atomic mass is 15.1. The van der Waals surface area contributed by atoms with Crippen molar-refractivity contribution >= 4 is 27.8 Å². The first-order chi connectivity index (χ1) is 24.2. The summed E-state index contributed by atoms with van der Waals surface area (Å²) in [6, 6.07) is 70.7. The first-order valence-electron chi connectivity index (χ1n) is 17.0. The maximum Gasteiger partial charge on any atom is 0.0543 e. The van der Waals surface area contributed by atoms with E-state index in [0.29, 0.717) is 0 Å². The molecule has 0 heterocycles. The molecule has 1 heteroatoms. The van der Waals surface area contributed by atoms with Crippen molar-refractivity contribution in [3.63, 3.8) is 0 Å². The van der Waals surface area contributed by atoms with Crippen molar-refractivity contribution in [2.24, 2.45) is 0 Å². The molecule has 0 N–H and O–H groups in total. The van der Waals surface area contributed by atoms with Crippen molar-refractivity contribution in [2.45, 2.75) is 12.3 Å². The van der Waals surface area contributed by atoms with Crippen LogP contribution in [0.1, 0.15) is 23.6 Å². The highest BCUT2D eigenvalue weighted by molar-refractivity contribution is 5.98. The molecule has 1 aliphatic rings. The largest absolute Gasteiger partial charge is 0.310 e. The van der Waals surface area contributed by atoms with Gasteiger partial charge < -0.3 is 4.90 Å². The zero-order valence-electron chi connectivity index (χ0n) is 27.4. The Morgan fingerprint density at radius 3 is 1.76 bits per heavy atom. The number of rotatable bonds is 6. The lowest BCUT2D eigenvalue weighted by molar-refractivity contribution is 0.714. The van der Waals surface area contributed by atoms with Gasteiger partial charge in [-0.15, -0.1) is 0 Å². The molecule has 0 aliphatic heterocycles. The summed E-state index contributed by atoms with van der Waals surface area (Å²) in [5, 5.41) is 2.45. The van der Waals surface area contributed by atoms with E-state index < -0.39 is 0 Å². The molecular weight excluding hydrogens is 591 g/mol. The highest BCUT2D eigenvalue weighted by Crippen LogP contribution is 2.56. The number of benzene rings is 8. The van der Waals surface area contributed by atoms with Crippen molar-refractivity contribution in [3.8, 4) is 33.4 Å². The number of nitrogens with zero attached hydrogens (tertiary/aromatic N) is 1. The predicted octanol–water partition coefficient (Wildman–Crippen LogP) is 13.0. The van der Waals surface area contributed by atoms with E-state index in [1.165, 1.54) is 66.5 Å². The Balaban J connectivity index is 1.29. The molecule has 0 radical (unpaired) electrons. The van der Waals surface area contributed by atoms with Gasteiger partial charge in [0.1, 0.15) is 0 Å². The molecule has 0 spiro atoms. The number of fused-ring (bicyclic) bond motifs is 4. The molecule has 232 valence electrons. The van der Waals surface area contributed by atoms with E-state index in [0.717, 1.165) is 11.4 Å². The van der Waals surface area contributed by atoms with Crippen molar-refractivity contribution in [2.75, 3.05) is 4.90 Å². The van der Waals surface area contributed by atoms with Crippen LogP contribution in [-0.2, 0) is 5.41 Å². The Kier molecular flexibility index (Phi) is 6.99. The quantitative estimate of drug-likeness (QED) is 0.178. The van der Waals surface area contributed by atoms with Gasteiger partial charge in [0.15, 0.2) is 0 Å². The van der Waals surface area contributed by atoms with E-state index in [-0.39, 0.29) is 5.41 Å². The summed E-state index contributed by atoms with van der Waals surface area (Å²) in [6.07, 6.45) is 0. The van der Waals surface area contributed by atoms with Crippen LogP contribution < -0.4 is 4.90 Å². The summed E-state index contributed by atoms with van der Waals surface area (Å²) in [5.74, 6) is 0. The molecule has 0 saturated heterocycles. The van der Waals surface area contributed by atoms with E-state index in [4.69, 9.17) is 0 Å². The molecule has 1 nitrogen and oxygen atoms in total. The molecular formula is C48H35N. The highest BCUT2D eigenvalue weighted by Gasteiger charge is 2.42. The minimum Gasteiger partial charge on any atom is -0.310 e. The predicted molar refractivity (Wildman–Crippen MR) is 207 cm³/mol. The van der Waals surface area contributed by atoms with Crippen LogP contribution in [-0.4, -0.2) is 0 Å². The molecule has 0 fully saturated rings. The van der Waals surface area contributed by atoms with E-state index in [9.17, 15) is 0 Å². The van der Waals surface area contributed by atoms with Crippen molar-refractivity contribution in [1.29, 1.82) is 0 Å². The second kappa shape index (κ2) is 11.8. The number of anilines is 3. The van der Waals surface area contributed by atoms with Gasteiger partial charge in [-0.05, 0) is 92.5 Å². The number of hydrogen-bond acceptors (Lipinski definition) is 1. The van der Waals surface area contributed by atoms with E-state index >= 15 is 0 Å². The van der Waals surface area contributed by atoms with Gasteiger partial charge in [-0.25, -0.2) is 0 Å². The van der Waals surface area contributed by atoms with E-state index in [1.54, 1.807) is 0 Å². The molecule has 1 unspecified atom stereocenters. The maximum atomic E-state index is 2.47. The molecule has 1 aliphatic carbocycles. The summed E-state index contributed by atoms with van der Waals surface area (Å²) < 4.78 is 0. The molecule has 0 bridgehead atoms. The van der Waals surface area contributed by atoms with Crippen LogP contribution in [0.2, 0.25) is 0 Å². The lowest BCUT2D eigenvalue weighted by Crippen LogP contribution is -2.22. The Bertz CT molecular complexity index is 2460. The Labute approximate surface area is 288 Å². The lowest BCUT2D eigenvalue weighted by Gasteiger charge is -2.31. The Morgan fingerprint density at radius 2 is 0.959 bits per heavy atom. The topological polar surface area (TPSA) is 3.24 Å². The molecule has 0 saturated carbocycles. The average molecular weight is 626 g/mol. The standard InChI is InChI=1S/C48H35N/c1-48(38-21-6-3-7-22-38)44-27-13-12-26-43(44)47-45(48)28-15-29-46(47)49(40-31-30-34-16-8-9-19-36(34)32-40)39-23-14-20-37(33-39)42-25-11-10-24-41(42)35-17-4-2-5-18-35/h2-33H,1H3. The van der Waals surface area contributed by atoms with Gasteiger partial charge in [-0.2, -0.15) is 0 Å². The second-order valence-electron chi connectivity index (χ2n) is 13.1. The normalized spacial score (nSPS) is 14.7. The summed E-state index contributed by atoms with van der Waals surface area (Å²) in [6.45, 7) is 2.39. The van der Waals surface area contributed by atoms with Gasteiger partial charge in [0, 0.05) is 22.4 Å². The Morgan fingerprint density at radius 1 is 0.388 bits per heavy atom. The van der Waals surface area contributed by atoms with Crippen LogP contribution in [0.25, 0.3) is 44.2 Å². The first kappa shape index (κ1) is 29.0. The third kappa shape index (κ3) is 4.78. The third-order valence-corrected chi connectivity index (χ3v) is 10.3. The minimum atomic E-state index is -0.283. The van der Waals surface area contributed by atoms with E-state index in [2.05, 4.69) is 206 Å². The van der Waals surface area contributed by atoms with Gasteiger partial charge in [0.2, 0.25) is 0 Å². The second-order valence-corrected chi connectivity index (χ2v) is 13.1. The van der Waals surface area contributed by atoms with Gasteiger partial charge in [0.05, 0.1) is 5.69 Å². The van der Waals surface area contributed by atoms with Gasteiger partial charge >= 0.3 is 0 Å². The minimum absolute atomic E-state index is 0.283. The summed E-state index contributed by atoms with van der Waals surface area (Å²) in [5.41, 5.74) is 14.5. The SMILES string of the molecule is CC1(c2ccccc2)c2ccccc2-c2c(N(c3cccc(-c4ccccc4-c4ccccc4)c3)c3ccc4ccccc4c3)cccc21. The monoisotopic (exact) mass is 625 g/mol. The van der Waals surface area contributed by atoms with Crippen LogP contribution >= 0.6 is 0 Å². The fraction of sp³-hybridized carbons (Fsp3) is 0.0417. The first-order valence-corrected chi connectivity index (χ1v) is 17.0. The summed E-state index contributed by atoms with van der Waals surface area (Å²) in [7, 11) is 0. The van der Waals surface area contributed by atoms with Gasteiger partial charge in [0.25, 0.3) is 0 Å².